The van der Waals surface area contributed by atoms with Gasteiger partial charge in [0.2, 0.25) is 0 Å². The summed E-state index contributed by atoms with van der Waals surface area (Å²) in [6, 6.07) is 65.2. The topological polar surface area (TPSA) is 31.2 Å². The third-order valence-corrected chi connectivity index (χ3v) is 11.5. The largest absolute Gasteiger partial charge is 0.464 e. The molecule has 0 spiro atoms. The van der Waals surface area contributed by atoms with Gasteiger partial charge in [0.05, 0.1) is 22.7 Å². The molecule has 12 rings (SSSR count). The van der Waals surface area contributed by atoms with Gasteiger partial charge in [-0.05, 0) is 74.6 Å². The Balaban J connectivity index is 1.18. The summed E-state index contributed by atoms with van der Waals surface area (Å²) in [6.07, 6.45) is 1.85. The Morgan fingerprint density at radius 1 is 0.345 bits per heavy atom. The molecule has 256 valence electrons. The monoisotopic (exact) mass is 701 g/mol. The average Bonchev–Trinajstić information content (AvgIpc) is 3.96. The van der Waals surface area contributed by atoms with Gasteiger partial charge in [-0.1, -0.05) is 146 Å². The highest BCUT2D eigenvalue weighted by Crippen LogP contribution is 2.50. The van der Waals surface area contributed by atoms with Gasteiger partial charge >= 0.3 is 0 Å². The molecule has 0 bridgehead atoms. The summed E-state index contributed by atoms with van der Waals surface area (Å²) in [5.74, 6) is 0. The fraction of sp³-hybridized carbons (Fsp3) is 0. The van der Waals surface area contributed by atoms with Crippen LogP contribution in [0.1, 0.15) is 0 Å². The fourth-order valence-electron chi connectivity index (χ4n) is 9.20. The van der Waals surface area contributed by atoms with E-state index in [2.05, 4.69) is 180 Å². The molecule has 12 aromatic rings. The summed E-state index contributed by atoms with van der Waals surface area (Å²) in [6.45, 7) is 0. The summed E-state index contributed by atoms with van der Waals surface area (Å²) in [7, 11) is 0. The molecule has 3 nitrogen and oxygen atoms in total. The lowest BCUT2D eigenvalue weighted by Gasteiger charge is -2.18. The molecule has 0 aliphatic rings. The first-order valence-corrected chi connectivity index (χ1v) is 18.8. The number of rotatable bonds is 4. The van der Waals surface area contributed by atoms with Crippen LogP contribution in [0.25, 0.3) is 115 Å². The van der Waals surface area contributed by atoms with Crippen LogP contribution >= 0.6 is 0 Å². The van der Waals surface area contributed by atoms with E-state index in [1.165, 1.54) is 60.0 Å². The maximum absolute atomic E-state index is 7.07. The molecule has 0 saturated heterocycles. The maximum Gasteiger partial charge on any atom is 0.147 e. The van der Waals surface area contributed by atoms with Gasteiger partial charge in [-0.3, -0.25) is 0 Å². The van der Waals surface area contributed by atoms with Gasteiger partial charge in [-0.25, -0.2) is 0 Å². The van der Waals surface area contributed by atoms with Crippen LogP contribution in [0, 0.1) is 0 Å². The quantitative estimate of drug-likeness (QED) is 0.171. The molecule has 3 heteroatoms. The Morgan fingerprint density at radius 3 is 1.62 bits per heavy atom. The van der Waals surface area contributed by atoms with E-state index in [-0.39, 0.29) is 0 Å². The molecule has 3 aromatic heterocycles. The molecular formula is C52H31NO2. The second-order valence-corrected chi connectivity index (χ2v) is 14.3. The highest BCUT2D eigenvalue weighted by Gasteiger charge is 2.24. The first-order valence-electron chi connectivity index (χ1n) is 18.8. The van der Waals surface area contributed by atoms with Crippen molar-refractivity contribution in [2.24, 2.45) is 0 Å². The maximum atomic E-state index is 7.07. The highest BCUT2D eigenvalue weighted by molar-refractivity contribution is 6.28. The molecule has 0 fully saturated rings. The molecule has 3 heterocycles. The lowest BCUT2D eigenvalue weighted by molar-refractivity contribution is 0.616. The van der Waals surface area contributed by atoms with Gasteiger partial charge in [-0.15, -0.1) is 0 Å². The number of para-hydroxylation sites is 3. The van der Waals surface area contributed by atoms with Crippen molar-refractivity contribution in [3.63, 3.8) is 0 Å². The van der Waals surface area contributed by atoms with Crippen molar-refractivity contribution >= 4 is 76.3 Å². The van der Waals surface area contributed by atoms with Crippen LogP contribution < -0.4 is 0 Å². The number of hydrogen-bond acceptors (Lipinski definition) is 2. The second-order valence-electron chi connectivity index (χ2n) is 14.3. The van der Waals surface area contributed by atoms with Crippen LogP contribution in [0.3, 0.4) is 0 Å². The molecule has 9 aromatic carbocycles. The van der Waals surface area contributed by atoms with Gasteiger partial charge < -0.3 is 13.4 Å². The van der Waals surface area contributed by atoms with E-state index in [0.29, 0.717) is 0 Å². The Kier molecular flexibility index (Phi) is 6.34. The number of nitrogens with zero attached hydrogens (tertiary/aromatic N) is 1. The highest BCUT2D eigenvalue weighted by atomic mass is 16.3. The smallest absolute Gasteiger partial charge is 0.147 e. The molecular weight excluding hydrogens is 671 g/mol. The summed E-state index contributed by atoms with van der Waals surface area (Å²) >= 11 is 0. The summed E-state index contributed by atoms with van der Waals surface area (Å²) in [4.78, 5) is 0. The van der Waals surface area contributed by atoms with Crippen LogP contribution in [0.5, 0.6) is 0 Å². The Morgan fingerprint density at radius 2 is 0.891 bits per heavy atom. The van der Waals surface area contributed by atoms with E-state index in [1.807, 2.05) is 12.3 Å². The molecule has 0 amide bonds. The van der Waals surface area contributed by atoms with Crippen LogP contribution in [0.2, 0.25) is 0 Å². The molecule has 0 aliphatic heterocycles. The molecule has 55 heavy (non-hydrogen) atoms. The van der Waals surface area contributed by atoms with E-state index >= 15 is 0 Å². The Hall–Kier alpha value is -7.36. The van der Waals surface area contributed by atoms with Crippen molar-refractivity contribution in [3.05, 3.63) is 188 Å². The Bertz CT molecular complexity index is 3420. The number of benzene rings is 9. The van der Waals surface area contributed by atoms with Crippen LogP contribution in [0.4, 0.5) is 0 Å². The predicted octanol–water partition coefficient (Wildman–Crippen LogP) is 14.7. The van der Waals surface area contributed by atoms with Gasteiger partial charge in [0, 0.05) is 43.9 Å². The molecule has 0 unspecified atom stereocenters. The van der Waals surface area contributed by atoms with E-state index in [0.717, 1.165) is 55.3 Å². The summed E-state index contributed by atoms with van der Waals surface area (Å²) in [5.41, 5.74) is 12.9. The van der Waals surface area contributed by atoms with Gasteiger partial charge in [0.25, 0.3) is 0 Å². The van der Waals surface area contributed by atoms with Crippen molar-refractivity contribution in [3.8, 4) is 39.1 Å². The van der Waals surface area contributed by atoms with Crippen LogP contribution in [0.15, 0.2) is 197 Å². The fourth-order valence-corrected chi connectivity index (χ4v) is 9.20. The molecule has 0 radical (unpaired) electrons. The number of fused-ring (bicyclic) bond motifs is 10. The van der Waals surface area contributed by atoms with E-state index in [9.17, 15) is 0 Å². The first-order chi connectivity index (χ1) is 27.3. The third kappa shape index (κ3) is 4.26. The van der Waals surface area contributed by atoms with Crippen molar-refractivity contribution < 1.29 is 8.83 Å². The number of aromatic nitrogens is 1. The van der Waals surface area contributed by atoms with Crippen molar-refractivity contribution in [1.82, 2.24) is 4.57 Å². The molecule has 0 aliphatic carbocycles. The lowest BCUT2D eigenvalue weighted by Crippen LogP contribution is -1.94. The second kappa shape index (κ2) is 11.6. The normalized spacial score (nSPS) is 12.0. The van der Waals surface area contributed by atoms with Gasteiger partial charge in [-0.2, -0.15) is 0 Å². The zero-order valence-electron chi connectivity index (χ0n) is 29.7. The molecule has 0 N–H and O–H groups in total. The van der Waals surface area contributed by atoms with Crippen molar-refractivity contribution in [2.45, 2.75) is 0 Å². The van der Waals surface area contributed by atoms with E-state index < -0.39 is 0 Å². The number of hydrogen-bond donors (Lipinski definition) is 0. The van der Waals surface area contributed by atoms with Crippen LogP contribution in [-0.2, 0) is 0 Å². The summed E-state index contributed by atoms with van der Waals surface area (Å²) < 4.78 is 15.6. The van der Waals surface area contributed by atoms with Crippen molar-refractivity contribution in [2.75, 3.05) is 0 Å². The lowest BCUT2D eigenvalue weighted by atomic mass is 9.84. The average molecular weight is 702 g/mol. The molecule has 0 saturated carbocycles. The zero-order valence-corrected chi connectivity index (χ0v) is 29.7. The minimum Gasteiger partial charge on any atom is -0.464 e. The standard InChI is InChI=1S/C52H31NO2/c1-3-15-32(16-4-1)43-31-54-46-30-29-39-38-24-13-26-42(51(38)55-52(39)50(43)46)48-36-21-9-7-19-34(36)47(35-20-8-10-22-37(35)48)41-25-14-28-45-49(41)40-23-11-12-27-44(40)53(45)33-17-5-2-6-18-33/h1-31H. The third-order valence-electron chi connectivity index (χ3n) is 11.5. The minimum absolute atomic E-state index is 0.815. The van der Waals surface area contributed by atoms with E-state index in [4.69, 9.17) is 8.83 Å². The van der Waals surface area contributed by atoms with Crippen molar-refractivity contribution in [1.29, 1.82) is 0 Å². The minimum atomic E-state index is 0.815. The Labute approximate surface area is 315 Å². The van der Waals surface area contributed by atoms with Crippen LogP contribution in [-0.4, -0.2) is 4.57 Å². The SMILES string of the molecule is c1ccc(-c2coc3ccc4c5cccc(-c6c7ccccc7c(-c7cccc8c7c7ccccc7n8-c7ccccc7)c7ccccc67)c5oc4c23)cc1. The predicted molar refractivity (Wildman–Crippen MR) is 229 cm³/mol. The number of furan rings is 2. The molecule has 0 atom stereocenters. The van der Waals surface area contributed by atoms with Gasteiger partial charge in [0.15, 0.2) is 0 Å². The zero-order chi connectivity index (χ0) is 36.0. The van der Waals surface area contributed by atoms with Gasteiger partial charge in [0.1, 0.15) is 16.7 Å². The first kappa shape index (κ1) is 30.1. The summed E-state index contributed by atoms with van der Waals surface area (Å²) in [5, 5.41) is 10.4. The van der Waals surface area contributed by atoms with E-state index in [1.54, 1.807) is 0 Å².